The summed E-state index contributed by atoms with van der Waals surface area (Å²) >= 11 is 0. The summed E-state index contributed by atoms with van der Waals surface area (Å²) in [5, 5.41) is 0. The second-order valence-corrected chi connectivity index (χ2v) is 1.95. The Bertz CT molecular complexity index is 131. The molecule has 1 heteroatoms. The zero-order chi connectivity index (χ0) is 5.28. The van der Waals surface area contributed by atoms with Crippen molar-refractivity contribution in [2.75, 3.05) is 6.54 Å². The molecular formula is C7H13N. The topological polar surface area (TPSA) is 12.4 Å². The third-order valence-electron chi connectivity index (χ3n) is 1.03. The highest BCUT2D eigenvalue weighted by Crippen LogP contribution is 2.01. The van der Waals surface area contributed by atoms with Crippen LogP contribution in [0.25, 0.3) is 0 Å². The molecule has 0 saturated heterocycles. The average Bonchev–Trinajstić information content (AvgIpc) is 1.87. The van der Waals surface area contributed by atoms with Gasteiger partial charge in [0.2, 0.25) is 0 Å². The van der Waals surface area contributed by atoms with Crippen molar-refractivity contribution in [1.29, 1.82) is 0 Å². The lowest BCUT2D eigenvalue weighted by Gasteiger charge is -1.77. The summed E-state index contributed by atoms with van der Waals surface area (Å²) in [5.41, 5.74) is 2.54. The molecule has 1 nitrogen and oxygen atoms in total. The van der Waals surface area contributed by atoms with Crippen molar-refractivity contribution in [3.05, 3.63) is 11.6 Å². The zero-order valence-corrected chi connectivity index (χ0v) is 4.73. The monoisotopic (exact) mass is 111 g/mol. The van der Waals surface area contributed by atoms with Crippen molar-refractivity contribution in [2.24, 2.45) is 4.99 Å². The van der Waals surface area contributed by atoms with Gasteiger partial charge in [0.15, 0.2) is 0 Å². The standard InChI is InChI=1S/C6H9N.CH4/c1-5-3-6(2)7-4-5;/h3H,4H2,1-2H3;1H4. The van der Waals surface area contributed by atoms with Gasteiger partial charge >= 0.3 is 0 Å². The second-order valence-electron chi connectivity index (χ2n) is 1.95. The van der Waals surface area contributed by atoms with E-state index < -0.39 is 0 Å². The molecule has 0 N–H and O–H groups in total. The van der Waals surface area contributed by atoms with Crippen LogP contribution in [0.2, 0.25) is 0 Å². The zero-order valence-electron chi connectivity index (χ0n) is 4.73. The van der Waals surface area contributed by atoms with Crippen molar-refractivity contribution in [3.63, 3.8) is 0 Å². The number of hydrogen-bond acceptors (Lipinski definition) is 1. The molecule has 1 aliphatic heterocycles. The van der Waals surface area contributed by atoms with E-state index in [-0.39, 0.29) is 7.43 Å². The van der Waals surface area contributed by atoms with Gasteiger partial charge in [-0.05, 0) is 19.9 Å². The molecule has 0 atom stereocenters. The molecule has 0 fully saturated rings. The van der Waals surface area contributed by atoms with E-state index in [1.54, 1.807) is 0 Å². The Labute approximate surface area is 51.1 Å². The summed E-state index contributed by atoms with van der Waals surface area (Å²) in [5.74, 6) is 0. The summed E-state index contributed by atoms with van der Waals surface area (Å²) in [7, 11) is 0. The number of rotatable bonds is 0. The molecule has 1 aliphatic rings. The maximum absolute atomic E-state index is 4.14. The Hall–Kier alpha value is -0.590. The third-order valence-corrected chi connectivity index (χ3v) is 1.03. The highest BCUT2D eigenvalue weighted by Gasteiger charge is 1.95. The van der Waals surface area contributed by atoms with E-state index in [2.05, 4.69) is 18.0 Å². The minimum atomic E-state index is 0. The fraction of sp³-hybridized carbons (Fsp3) is 0.571. The first-order chi connectivity index (χ1) is 3.29. The highest BCUT2D eigenvalue weighted by atomic mass is 14.7. The number of allylic oxidation sites excluding steroid dienone is 1. The number of hydrogen-bond donors (Lipinski definition) is 0. The van der Waals surface area contributed by atoms with Gasteiger partial charge in [-0.15, -0.1) is 0 Å². The molecule has 46 valence electrons. The Morgan fingerprint density at radius 2 is 2.12 bits per heavy atom. The van der Waals surface area contributed by atoms with Crippen molar-refractivity contribution in [1.82, 2.24) is 0 Å². The fourth-order valence-electron chi connectivity index (χ4n) is 0.697. The summed E-state index contributed by atoms with van der Waals surface area (Å²) < 4.78 is 0. The van der Waals surface area contributed by atoms with Gasteiger partial charge in [-0.1, -0.05) is 13.0 Å². The predicted octanol–water partition coefficient (Wildman–Crippen LogP) is 2.04. The molecule has 0 aromatic heterocycles. The average molecular weight is 111 g/mol. The van der Waals surface area contributed by atoms with Gasteiger partial charge in [0.05, 0.1) is 6.54 Å². The van der Waals surface area contributed by atoms with Crippen LogP contribution >= 0.6 is 0 Å². The lowest BCUT2D eigenvalue weighted by molar-refractivity contribution is 1.17. The van der Waals surface area contributed by atoms with E-state index in [1.807, 2.05) is 6.92 Å². The Morgan fingerprint density at radius 1 is 1.50 bits per heavy atom. The van der Waals surface area contributed by atoms with E-state index in [9.17, 15) is 0 Å². The summed E-state index contributed by atoms with van der Waals surface area (Å²) in [6.07, 6.45) is 2.11. The van der Waals surface area contributed by atoms with Gasteiger partial charge in [0.25, 0.3) is 0 Å². The van der Waals surface area contributed by atoms with Crippen LogP contribution in [0.15, 0.2) is 16.6 Å². The summed E-state index contributed by atoms with van der Waals surface area (Å²) in [6, 6.07) is 0. The van der Waals surface area contributed by atoms with E-state index >= 15 is 0 Å². The third kappa shape index (κ3) is 1.49. The molecule has 0 saturated carbocycles. The van der Waals surface area contributed by atoms with Crippen LogP contribution in [0, 0.1) is 0 Å². The van der Waals surface area contributed by atoms with Gasteiger partial charge in [0.1, 0.15) is 0 Å². The Morgan fingerprint density at radius 3 is 2.25 bits per heavy atom. The summed E-state index contributed by atoms with van der Waals surface area (Å²) in [4.78, 5) is 4.14. The first-order valence-electron chi connectivity index (χ1n) is 2.47. The largest absolute Gasteiger partial charge is 0.286 e. The maximum atomic E-state index is 4.14. The van der Waals surface area contributed by atoms with Crippen LogP contribution < -0.4 is 0 Å². The molecule has 0 aromatic rings. The van der Waals surface area contributed by atoms with Gasteiger partial charge < -0.3 is 0 Å². The first-order valence-corrected chi connectivity index (χ1v) is 2.47. The van der Waals surface area contributed by atoms with Crippen LogP contribution in [0.5, 0.6) is 0 Å². The smallest absolute Gasteiger partial charge is 0.0603 e. The molecule has 0 aliphatic carbocycles. The van der Waals surface area contributed by atoms with Crippen molar-refractivity contribution in [3.8, 4) is 0 Å². The molecule has 8 heavy (non-hydrogen) atoms. The molecule has 1 heterocycles. The van der Waals surface area contributed by atoms with Crippen LogP contribution in [0.1, 0.15) is 21.3 Å². The quantitative estimate of drug-likeness (QED) is 0.453. The van der Waals surface area contributed by atoms with Crippen molar-refractivity contribution >= 4 is 5.71 Å². The van der Waals surface area contributed by atoms with E-state index in [4.69, 9.17) is 0 Å². The minimum Gasteiger partial charge on any atom is -0.286 e. The van der Waals surface area contributed by atoms with Crippen LogP contribution in [0.4, 0.5) is 0 Å². The SMILES string of the molecule is C.CC1=CC(C)=NC1. The van der Waals surface area contributed by atoms with Gasteiger partial charge in [0, 0.05) is 5.71 Å². The minimum absolute atomic E-state index is 0. The molecule has 0 bridgehead atoms. The van der Waals surface area contributed by atoms with Gasteiger partial charge in [-0.3, -0.25) is 4.99 Å². The van der Waals surface area contributed by atoms with Gasteiger partial charge in [-0.25, -0.2) is 0 Å². The van der Waals surface area contributed by atoms with Crippen LogP contribution in [0.3, 0.4) is 0 Å². The Kier molecular flexibility index (Phi) is 2.46. The maximum Gasteiger partial charge on any atom is 0.0603 e. The van der Waals surface area contributed by atoms with Crippen LogP contribution in [-0.4, -0.2) is 12.3 Å². The lowest BCUT2D eigenvalue weighted by Crippen LogP contribution is -1.73. The number of aliphatic imine (C=N–C) groups is 1. The molecule has 0 radical (unpaired) electrons. The van der Waals surface area contributed by atoms with Crippen molar-refractivity contribution in [2.45, 2.75) is 21.3 Å². The molecule has 1 rings (SSSR count). The van der Waals surface area contributed by atoms with E-state index in [0.717, 1.165) is 12.3 Å². The molecule has 0 amide bonds. The van der Waals surface area contributed by atoms with Crippen molar-refractivity contribution < 1.29 is 0 Å². The highest BCUT2D eigenvalue weighted by molar-refractivity contribution is 5.95. The predicted molar refractivity (Wildman–Crippen MR) is 38.5 cm³/mol. The van der Waals surface area contributed by atoms with E-state index in [1.165, 1.54) is 5.57 Å². The molecule has 0 aromatic carbocycles. The normalized spacial score (nSPS) is 16.8. The fourth-order valence-corrected chi connectivity index (χ4v) is 0.697. The van der Waals surface area contributed by atoms with Crippen LogP contribution in [-0.2, 0) is 0 Å². The van der Waals surface area contributed by atoms with E-state index in [0.29, 0.717) is 0 Å². The lowest BCUT2D eigenvalue weighted by atomic mass is 10.3. The summed E-state index contributed by atoms with van der Waals surface area (Å²) in [6.45, 7) is 5.04. The first kappa shape index (κ1) is 7.41. The second kappa shape index (κ2) is 2.65. The van der Waals surface area contributed by atoms with Gasteiger partial charge in [-0.2, -0.15) is 0 Å². The molecular weight excluding hydrogens is 98.1 g/mol. The Balaban J connectivity index is 0.000000490. The number of nitrogens with zero attached hydrogens (tertiary/aromatic N) is 1. The molecule has 0 unspecified atom stereocenters. The molecule has 0 spiro atoms.